The van der Waals surface area contributed by atoms with Gasteiger partial charge in [-0.3, -0.25) is 9.63 Å². The monoisotopic (exact) mass is 414 g/mol. The summed E-state index contributed by atoms with van der Waals surface area (Å²) in [4.78, 5) is 30.7. The van der Waals surface area contributed by atoms with Gasteiger partial charge in [0.25, 0.3) is 5.91 Å². The average molecular weight is 415 g/mol. The van der Waals surface area contributed by atoms with E-state index in [2.05, 4.69) is 25.1 Å². The standard InChI is InChI=1S/C19H19ClN6OS/c1-12-7-8-21-17(10-12)24-16-6-2-4-13(23-16)15-11-22-19(28-15)26-9-3-5-14(26)18(27)25-20/h2,4,6-8,10-11,14H,3,5,9H2,1H3,(H,25,27)(H,21,23,24)/t14-/m0/s1. The van der Waals surface area contributed by atoms with Gasteiger partial charge in [-0.15, -0.1) is 0 Å². The Morgan fingerprint density at radius 2 is 2.18 bits per heavy atom. The predicted molar refractivity (Wildman–Crippen MR) is 112 cm³/mol. The minimum atomic E-state index is -0.273. The van der Waals surface area contributed by atoms with Crippen LogP contribution in [0.3, 0.4) is 0 Å². The molecule has 1 amide bonds. The van der Waals surface area contributed by atoms with Crippen LogP contribution in [0.2, 0.25) is 0 Å². The lowest BCUT2D eigenvalue weighted by molar-refractivity contribution is -0.120. The number of carbonyl (C=O) groups is 1. The molecule has 1 aliphatic rings. The Morgan fingerprint density at radius 1 is 1.29 bits per heavy atom. The Bertz CT molecular complexity index is 994. The van der Waals surface area contributed by atoms with Crippen molar-refractivity contribution in [1.29, 1.82) is 0 Å². The number of carbonyl (C=O) groups excluding carboxylic acids is 1. The quantitative estimate of drug-likeness (QED) is 0.616. The lowest BCUT2D eigenvalue weighted by Crippen LogP contribution is -2.40. The number of thiazole rings is 1. The molecule has 4 heterocycles. The summed E-state index contributed by atoms with van der Waals surface area (Å²) >= 11 is 7.03. The van der Waals surface area contributed by atoms with Crippen LogP contribution >= 0.6 is 23.1 Å². The maximum Gasteiger partial charge on any atom is 0.257 e. The Hall–Kier alpha value is -2.71. The molecule has 0 aliphatic carbocycles. The first-order valence-corrected chi connectivity index (χ1v) is 10.1. The van der Waals surface area contributed by atoms with Gasteiger partial charge in [0, 0.05) is 30.7 Å². The third-order valence-electron chi connectivity index (χ3n) is 4.56. The van der Waals surface area contributed by atoms with Gasteiger partial charge in [0.2, 0.25) is 0 Å². The number of amides is 1. The minimum Gasteiger partial charge on any atom is -0.336 e. The van der Waals surface area contributed by atoms with Crippen LogP contribution in [0.15, 0.2) is 42.7 Å². The second-order valence-corrected chi connectivity index (χ2v) is 7.77. The number of aromatic nitrogens is 3. The van der Waals surface area contributed by atoms with E-state index >= 15 is 0 Å². The van der Waals surface area contributed by atoms with Gasteiger partial charge in [0.15, 0.2) is 5.13 Å². The Morgan fingerprint density at radius 3 is 3.00 bits per heavy atom. The zero-order valence-corrected chi connectivity index (χ0v) is 16.8. The van der Waals surface area contributed by atoms with Crippen LogP contribution in [-0.2, 0) is 4.79 Å². The van der Waals surface area contributed by atoms with Gasteiger partial charge in [-0.1, -0.05) is 17.4 Å². The molecule has 9 heteroatoms. The molecule has 0 unspecified atom stereocenters. The SMILES string of the molecule is Cc1ccnc(Nc2cccc(-c3cnc(N4CCC[C@H]4C(=O)NCl)s3)n2)c1. The summed E-state index contributed by atoms with van der Waals surface area (Å²) in [5, 5.41) is 4.03. The van der Waals surface area contributed by atoms with Crippen LogP contribution in [0.4, 0.5) is 16.8 Å². The summed E-state index contributed by atoms with van der Waals surface area (Å²) in [7, 11) is 0. The predicted octanol–water partition coefficient (Wildman–Crippen LogP) is 3.89. The van der Waals surface area contributed by atoms with Gasteiger partial charge < -0.3 is 10.2 Å². The number of nitrogens with one attached hydrogen (secondary N) is 2. The van der Waals surface area contributed by atoms with E-state index in [0.717, 1.165) is 46.5 Å². The van der Waals surface area contributed by atoms with Crippen molar-refractivity contribution >= 4 is 45.8 Å². The third-order valence-corrected chi connectivity index (χ3v) is 5.80. The summed E-state index contributed by atoms with van der Waals surface area (Å²) in [5.41, 5.74) is 1.95. The second-order valence-electron chi connectivity index (χ2n) is 6.57. The molecule has 0 radical (unpaired) electrons. The van der Waals surface area contributed by atoms with Gasteiger partial charge >= 0.3 is 0 Å². The highest BCUT2D eigenvalue weighted by Gasteiger charge is 2.32. The van der Waals surface area contributed by atoms with Gasteiger partial charge in [-0.25, -0.2) is 15.0 Å². The van der Waals surface area contributed by atoms with Crippen LogP contribution in [0, 0.1) is 6.92 Å². The smallest absolute Gasteiger partial charge is 0.257 e. The number of hydrogen-bond donors (Lipinski definition) is 2. The molecule has 4 rings (SSSR count). The van der Waals surface area contributed by atoms with E-state index in [9.17, 15) is 4.79 Å². The molecule has 28 heavy (non-hydrogen) atoms. The summed E-state index contributed by atoms with van der Waals surface area (Å²) < 4.78 is 0. The molecule has 1 aliphatic heterocycles. The molecule has 144 valence electrons. The van der Waals surface area contributed by atoms with Crippen molar-refractivity contribution in [3.8, 4) is 10.6 Å². The molecule has 1 fully saturated rings. The fraction of sp³-hybridized carbons (Fsp3) is 0.263. The van der Waals surface area contributed by atoms with Gasteiger partial charge in [0.05, 0.1) is 10.6 Å². The first-order chi connectivity index (χ1) is 13.6. The van der Waals surface area contributed by atoms with Crippen LogP contribution in [0.5, 0.6) is 0 Å². The molecule has 7 nitrogen and oxygen atoms in total. The highest BCUT2D eigenvalue weighted by atomic mass is 35.5. The summed E-state index contributed by atoms with van der Waals surface area (Å²) in [6, 6.07) is 9.43. The molecular formula is C19H19ClN6OS. The summed E-state index contributed by atoms with van der Waals surface area (Å²) in [6.45, 7) is 2.81. The van der Waals surface area contributed by atoms with Crippen molar-refractivity contribution < 1.29 is 4.79 Å². The van der Waals surface area contributed by atoms with E-state index in [1.807, 2.05) is 42.2 Å². The van der Waals surface area contributed by atoms with Crippen molar-refractivity contribution in [1.82, 2.24) is 19.8 Å². The Kier molecular flexibility index (Phi) is 5.40. The molecular weight excluding hydrogens is 396 g/mol. The van der Waals surface area contributed by atoms with Gasteiger partial charge in [0.1, 0.15) is 17.7 Å². The average Bonchev–Trinajstić information content (AvgIpc) is 3.37. The van der Waals surface area contributed by atoms with Crippen molar-refractivity contribution in [2.75, 3.05) is 16.8 Å². The highest BCUT2D eigenvalue weighted by molar-refractivity contribution is 7.18. The van der Waals surface area contributed by atoms with Crippen molar-refractivity contribution in [3.63, 3.8) is 0 Å². The molecule has 1 atom stereocenters. The first-order valence-electron chi connectivity index (χ1n) is 8.94. The van der Waals surface area contributed by atoms with E-state index in [1.54, 1.807) is 12.4 Å². The van der Waals surface area contributed by atoms with E-state index in [-0.39, 0.29) is 11.9 Å². The lowest BCUT2D eigenvalue weighted by Gasteiger charge is -2.21. The number of hydrogen-bond acceptors (Lipinski definition) is 7. The van der Waals surface area contributed by atoms with Crippen molar-refractivity contribution in [3.05, 3.63) is 48.3 Å². The molecule has 3 aromatic rings. The topological polar surface area (TPSA) is 83.0 Å². The van der Waals surface area contributed by atoms with E-state index in [4.69, 9.17) is 11.8 Å². The number of nitrogens with zero attached hydrogens (tertiary/aromatic N) is 4. The summed E-state index contributed by atoms with van der Waals surface area (Å²) in [5.74, 6) is 1.28. The van der Waals surface area contributed by atoms with E-state index in [0.29, 0.717) is 5.82 Å². The molecule has 2 N–H and O–H groups in total. The minimum absolute atomic E-state index is 0.189. The summed E-state index contributed by atoms with van der Waals surface area (Å²) in [6.07, 6.45) is 5.27. The normalized spacial score (nSPS) is 16.2. The van der Waals surface area contributed by atoms with Crippen LogP contribution in [-0.4, -0.2) is 33.4 Å². The number of aryl methyl sites for hydroxylation is 1. The molecule has 0 spiro atoms. The fourth-order valence-corrected chi connectivity index (χ4v) is 4.31. The largest absolute Gasteiger partial charge is 0.336 e. The zero-order valence-electron chi connectivity index (χ0n) is 15.2. The second kappa shape index (κ2) is 8.12. The number of rotatable bonds is 5. The molecule has 1 saturated heterocycles. The van der Waals surface area contributed by atoms with Gasteiger partial charge in [-0.2, -0.15) is 0 Å². The van der Waals surface area contributed by atoms with Crippen LogP contribution in [0.1, 0.15) is 18.4 Å². The molecule has 0 aromatic carbocycles. The molecule has 3 aromatic heterocycles. The third kappa shape index (κ3) is 3.93. The fourth-order valence-electron chi connectivity index (χ4n) is 3.22. The first kappa shape index (κ1) is 18.6. The Labute approximate surface area is 171 Å². The van der Waals surface area contributed by atoms with Crippen molar-refractivity contribution in [2.24, 2.45) is 0 Å². The zero-order chi connectivity index (χ0) is 19.5. The van der Waals surface area contributed by atoms with Gasteiger partial charge in [-0.05, 0) is 49.6 Å². The Balaban J connectivity index is 1.55. The van der Waals surface area contributed by atoms with E-state index < -0.39 is 0 Å². The van der Waals surface area contributed by atoms with E-state index in [1.165, 1.54) is 11.3 Å². The lowest BCUT2D eigenvalue weighted by atomic mass is 10.2. The number of halogens is 1. The maximum atomic E-state index is 12.0. The number of anilines is 3. The molecule has 0 saturated carbocycles. The highest BCUT2D eigenvalue weighted by Crippen LogP contribution is 2.34. The number of pyridine rings is 2. The van der Waals surface area contributed by atoms with Crippen LogP contribution in [0.25, 0.3) is 10.6 Å². The van der Waals surface area contributed by atoms with Crippen LogP contribution < -0.4 is 15.1 Å². The van der Waals surface area contributed by atoms with Crippen molar-refractivity contribution in [2.45, 2.75) is 25.8 Å². The molecule has 0 bridgehead atoms. The maximum absolute atomic E-state index is 12.0.